The molecule has 0 bridgehead atoms. The number of benzene rings is 4. The van der Waals surface area contributed by atoms with Crippen LogP contribution in [-0.2, 0) is 16.0 Å². The van der Waals surface area contributed by atoms with E-state index >= 15 is 0 Å². The zero-order valence-electron chi connectivity index (χ0n) is 15.2. The highest BCUT2D eigenvalue weighted by molar-refractivity contribution is 6.25. The van der Waals surface area contributed by atoms with Gasteiger partial charge >= 0.3 is 0 Å². The van der Waals surface area contributed by atoms with Crippen LogP contribution in [0.1, 0.15) is 5.56 Å². The topological polar surface area (TPSA) is 30.5 Å². The van der Waals surface area contributed by atoms with Crippen molar-refractivity contribution in [2.75, 3.05) is 20.8 Å². The number of hydrogen-bond acceptors (Lipinski definition) is 3. The quantitative estimate of drug-likeness (QED) is 0.400. The van der Waals surface area contributed by atoms with Gasteiger partial charge in [-0.1, -0.05) is 60.7 Å². The van der Waals surface area contributed by atoms with Gasteiger partial charge in [0, 0.05) is 27.3 Å². The van der Waals surface area contributed by atoms with E-state index in [0.29, 0.717) is 6.54 Å². The summed E-state index contributed by atoms with van der Waals surface area (Å²) in [5, 5.41) is 11.2. The standard InChI is InChI=1S/C23H23NO2/c1-25-23(26-2)15-24-14-16-11-12-21-19-9-4-3-7-17(19)18-8-5-6-10-20(18)22(21)13-16/h3-13,23-24H,14-15H2,1-2H3. The summed E-state index contributed by atoms with van der Waals surface area (Å²) in [6, 6.07) is 24.0. The molecule has 4 aromatic rings. The third-order valence-electron chi connectivity index (χ3n) is 4.97. The van der Waals surface area contributed by atoms with Crippen molar-refractivity contribution in [3.05, 3.63) is 72.3 Å². The zero-order chi connectivity index (χ0) is 17.9. The van der Waals surface area contributed by atoms with E-state index in [1.165, 1.54) is 37.9 Å². The van der Waals surface area contributed by atoms with Crippen LogP contribution < -0.4 is 5.32 Å². The molecule has 26 heavy (non-hydrogen) atoms. The normalized spacial score (nSPS) is 11.8. The van der Waals surface area contributed by atoms with Gasteiger partial charge in [-0.2, -0.15) is 0 Å². The van der Waals surface area contributed by atoms with Gasteiger partial charge < -0.3 is 14.8 Å². The lowest BCUT2D eigenvalue weighted by Crippen LogP contribution is -2.29. The van der Waals surface area contributed by atoms with Gasteiger partial charge in [0.2, 0.25) is 0 Å². The summed E-state index contributed by atoms with van der Waals surface area (Å²) in [7, 11) is 3.31. The SMILES string of the molecule is COC(CNCc1ccc2c3ccccc3c3ccccc3c2c1)OC. The average Bonchev–Trinajstić information content (AvgIpc) is 2.71. The van der Waals surface area contributed by atoms with Crippen LogP contribution in [0.4, 0.5) is 0 Å². The fourth-order valence-electron chi connectivity index (χ4n) is 3.66. The highest BCUT2D eigenvalue weighted by atomic mass is 16.7. The second-order valence-electron chi connectivity index (χ2n) is 6.50. The molecule has 4 rings (SSSR count). The van der Waals surface area contributed by atoms with Crippen molar-refractivity contribution in [1.29, 1.82) is 0 Å². The molecule has 0 aliphatic heterocycles. The predicted molar refractivity (Wildman–Crippen MR) is 108 cm³/mol. The summed E-state index contributed by atoms with van der Waals surface area (Å²) in [5.74, 6) is 0. The number of nitrogens with one attached hydrogen (secondary N) is 1. The molecule has 0 saturated heterocycles. The second-order valence-corrected chi connectivity index (χ2v) is 6.50. The van der Waals surface area contributed by atoms with E-state index in [4.69, 9.17) is 9.47 Å². The molecule has 1 N–H and O–H groups in total. The minimum atomic E-state index is -0.222. The first-order valence-corrected chi connectivity index (χ1v) is 8.90. The van der Waals surface area contributed by atoms with Gasteiger partial charge in [0.1, 0.15) is 0 Å². The molecule has 0 aliphatic rings. The van der Waals surface area contributed by atoms with Crippen molar-refractivity contribution in [3.63, 3.8) is 0 Å². The van der Waals surface area contributed by atoms with Gasteiger partial charge in [0.15, 0.2) is 6.29 Å². The summed E-state index contributed by atoms with van der Waals surface area (Å²) in [4.78, 5) is 0. The van der Waals surface area contributed by atoms with Crippen LogP contribution in [-0.4, -0.2) is 27.1 Å². The summed E-state index contributed by atoms with van der Waals surface area (Å²) < 4.78 is 10.5. The predicted octanol–water partition coefficient (Wildman–Crippen LogP) is 4.85. The lowest BCUT2D eigenvalue weighted by Gasteiger charge is -2.15. The summed E-state index contributed by atoms with van der Waals surface area (Å²) in [5.41, 5.74) is 1.25. The maximum Gasteiger partial charge on any atom is 0.169 e. The van der Waals surface area contributed by atoms with Crippen molar-refractivity contribution >= 4 is 32.3 Å². The number of rotatable bonds is 6. The molecule has 3 heteroatoms. The Labute approximate surface area is 153 Å². The van der Waals surface area contributed by atoms with Crippen molar-refractivity contribution in [3.8, 4) is 0 Å². The van der Waals surface area contributed by atoms with Crippen LogP contribution in [0.2, 0.25) is 0 Å². The molecule has 0 aromatic heterocycles. The molecular weight excluding hydrogens is 322 g/mol. The van der Waals surface area contributed by atoms with Crippen molar-refractivity contribution in [2.24, 2.45) is 0 Å². The largest absolute Gasteiger partial charge is 0.355 e. The van der Waals surface area contributed by atoms with E-state index in [9.17, 15) is 0 Å². The van der Waals surface area contributed by atoms with Gasteiger partial charge in [-0.25, -0.2) is 0 Å². The van der Waals surface area contributed by atoms with Crippen molar-refractivity contribution < 1.29 is 9.47 Å². The second kappa shape index (κ2) is 7.42. The molecule has 3 nitrogen and oxygen atoms in total. The fourth-order valence-corrected chi connectivity index (χ4v) is 3.66. The van der Waals surface area contributed by atoms with Crippen LogP contribution in [0.3, 0.4) is 0 Å². The first kappa shape index (κ1) is 17.0. The maximum absolute atomic E-state index is 5.23. The van der Waals surface area contributed by atoms with E-state index in [1.54, 1.807) is 14.2 Å². The Bertz CT molecular complexity index is 1020. The van der Waals surface area contributed by atoms with Crippen LogP contribution in [0, 0.1) is 0 Å². The van der Waals surface area contributed by atoms with E-state index in [1.807, 2.05) is 0 Å². The first-order valence-electron chi connectivity index (χ1n) is 8.90. The lowest BCUT2D eigenvalue weighted by molar-refractivity contribution is -0.0989. The fraction of sp³-hybridized carbons (Fsp3) is 0.217. The number of fused-ring (bicyclic) bond motifs is 6. The van der Waals surface area contributed by atoms with Gasteiger partial charge in [-0.3, -0.25) is 0 Å². The third-order valence-corrected chi connectivity index (χ3v) is 4.97. The minimum absolute atomic E-state index is 0.222. The van der Waals surface area contributed by atoms with Crippen molar-refractivity contribution in [2.45, 2.75) is 12.8 Å². The average molecular weight is 345 g/mol. The molecule has 0 amide bonds. The zero-order valence-corrected chi connectivity index (χ0v) is 15.2. The Morgan fingerprint density at radius 1 is 0.692 bits per heavy atom. The molecule has 132 valence electrons. The van der Waals surface area contributed by atoms with Crippen molar-refractivity contribution in [1.82, 2.24) is 5.32 Å². The Morgan fingerprint density at radius 2 is 1.19 bits per heavy atom. The molecule has 0 saturated carbocycles. The van der Waals surface area contributed by atoms with Gasteiger partial charge in [0.05, 0.1) is 0 Å². The van der Waals surface area contributed by atoms with Crippen LogP contribution in [0.15, 0.2) is 66.7 Å². The third kappa shape index (κ3) is 3.06. The smallest absolute Gasteiger partial charge is 0.169 e. The van der Waals surface area contributed by atoms with Crippen LogP contribution >= 0.6 is 0 Å². The molecule has 4 aromatic carbocycles. The summed E-state index contributed by atoms with van der Waals surface area (Å²) >= 11 is 0. The molecule has 0 aliphatic carbocycles. The Hall–Kier alpha value is -2.46. The lowest BCUT2D eigenvalue weighted by atomic mass is 9.93. The summed E-state index contributed by atoms with van der Waals surface area (Å²) in [6.07, 6.45) is -0.222. The maximum atomic E-state index is 5.23. The number of hydrogen-bond donors (Lipinski definition) is 1. The van der Waals surface area contributed by atoms with Crippen LogP contribution in [0.5, 0.6) is 0 Å². The number of ether oxygens (including phenoxy) is 2. The van der Waals surface area contributed by atoms with Gasteiger partial charge in [0.25, 0.3) is 0 Å². The molecule has 0 atom stereocenters. The Balaban J connectivity index is 1.78. The van der Waals surface area contributed by atoms with E-state index in [0.717, 1.165) is 6.54 Å². The first-order chi connectivity index (χ1) is 12.8. The van der Waals surface area contributed by atoms with E-state index in [-0.39, 0.29) is 6.29 Å². The van der Waals surface area contributed by atoms with Gasteiger partial charge in [-0.05, 0) is 43.9 Å². The summed E-state index contributed by atoms with van der Waals surface area (Å²) in [6.45, 7) is 1.43. The number of methoxy groups -OCH3 is 2. The van der Waals surface area contributed by atoms with E-state index in [2.05, 4.69) is 72.0 Å². The van der Waals surface area contributed by atoms with E-state index < -0.39 is 0 Å². The highest BCUT2D eigenvalue weighted by Gasteiger charge is 2.09. The molecule has 0 unspecified atom stereocenters. The monoisotopic (exact) mass is 345 g/mol. The highest BCUT2D eigenvalue weighted by Crippen LogP contribution is 2.35. The van der Waals surface area contributed by atoms with Gasteiger partial charge in [-0.15, -0.1) is 0 Å². The Morgan fingerprint density at radius 3 is 1.73 bits per heavy atom. The molecule has 0 fully saturated rings. The molecular formula is C23H23NO2. The molecule has 0 spiro atoms. The van der Waals surface area contributed by atoms with Crippen LogP contribution in [0.25, 0.3) is 32.3 Å². The Kier molecular flexibility index (Phi) is 4.85. The minimum Gasteiger partial charge on any atom is -0.355 e. The molecule has 0 radical (unpaired) electrons. The molecule has 0 heterocycles.